The van der Waals surface area contributed by atoms with Gasteiger partial charge in [-0.1, -0.05) is 19.9 Å². The van der Waals surface area contributed by atoms with E-state index in [1.54, 1.807) is 32.9 Å². The number of ether oxygens (including phenoxy) is 1. The zero-order valence-electron chi connectivity index (χ0n) is 24.0. The molecule has 0 aromatic heterocycles. The lowest BCUT2D eigenvalue weighted by Gasteiger charge is -2.53. The number of Topliss-reactive ketones (excluding diaryl/α,β-unsaturated/α-hetero) is 2. The van der Waals surface area contributed by atoms with Gasteiger partial charge in [-0.25, -0.2) is 0 Å². The van der Waals surface area contributed by atoms with E-state index in [9.17, 15) is 44.7 Å². The van der Waals surface area contributed by atoms with Gasteiger partial charge in [0.25, 0.3) is 5.91 Å². The molecule has 13 nitrogen and oxygen atoms in total. The molecular formula is C29H37N3O10. The summed E-state index contributed by atoms with van der Waals surface area (Å²) in [7, 11) is 2.95. The monoisotopic (exact) mass is 587 g/mol. The van der Waals surface area contributed by atoms with Crippen LogP contribution >= 0.6 is 0 Å². The SMILES string of the molecule is CCOC(=O)CC(C)CNc1ccc2c(c1O)C(=O)C1=C(O)C3(O)C(=O)C(C(N)=O)=C(O)[C@@H](N(C)C)C3C(O)C1C2C. The number of esters is 1. The van der Waals surface area contributed by atoms with Gasteiger partial charge in [-0.2, -0.15) is 0 Å². The molecule has 1 amide bonds. The van der Waals surface area contributed by atoms with Crippen LogP contribution in [-0.4, -0.2) is 98.9 Å². The summed E-state index contributed by atoms with van der Waals surface area (Å²) >= 11 is 0. The maximum Gasteiger partial charge on any atom is 0.306 e. The van der Waals surface area contributed by atoms with Gasteiger partial charge in [-0.05, 0) is 44.5 Å². The molecule has 7 atom stereocenters. The number of ketones is 2. The van der Waals surface area contributed by atoms with Gasteiger partial charge in [0, 0.05) is 24.5 Å². The van der Waals surface area contributed by atoms with Gasteiger partial charge in [0.05, 0.1) is 35.9 Å². The van der Waals surface area contributed by atoms with Crippen molar-refractivity contribution >= 4 is 29.1 Å². The fraction of sp³-hybridized carbons (Fsp3) is 0.517. The number of likely N-dealkylation sites (N-methyl/N-ethyl adjacent to an activating group) is 1. The molecular weight excluding hydrogens is 550 g/mol. The zero-order chi connectivity index (χ0) is 31.4. The van der Waals surface area contributed by atoms with E-state index in [1.165, 1.54) is 19.0 Å². The van der Waals surface area contributed by atoms with Crippen LogP contribution < -0.4 is 11.1 Å². The average Bonchev–Trinajstić information content (AvgIpc) is 2.89. The highest BCUT2D eigenvalue weighted by molar-refractivity contribution is 6.25. The Morgan fingerprint density at radius 2 is 1.83 bits per heavy atom. The van der Waals surface area contributed by atoms with Crippen molar-refractivity contribution in [1.82, 2.24) is 4.90 Å². The number of aliphatic hydroxyl groups excluding tert-OH is 3. The third-order valence-corrected chi connectivity index (χ3v) is 8.59. The fourth-order valence-corrected chi connectivity index (χ4v) is 6.63. The predicted molar refractivity (Wildman–Crippen MR) is 149 cm³/mol. The topological polar surface area (TPSA) is 220 Å². The molecule has 3 aliphatic rings. The number of fused-ring (bicyclic) bond motifs is 3. The number of rotatable bonds is 8. The maximum absolute atomic E-state index is 13.9. The Labute approximate surface area is 242 Å². The van der Waals surface area contributed by atoms with Crippen LogP contribution in [0.4, 0.5) is 5.69 Å². The van der Waals surface area contributed by atoms with Crippen LogP contribution in [0.25, 0.3) is 0 Å². The summed E-state index contributed by atoms with van der Waals surface area (Å²) in [6.45, 7) is 5.66. The predicted octanol–water partition coefficient (Wildman–Crippen LogP) is 0.654. The normalized spacial score (nSPS) is 29.6. The largest absolute Gasteiger partial charge is 0.510 e. The van der Waals surface area contributed by atoms with E-state index in [0.717, 1.165) is 0 Å². The second-order valence-electron chi connectivity index (χ2n) is 11.5. The summed E-state index contributed by atoms with van der Waals surface area (Å²) in [6, 6.07) is 1.82. The van der Waals surface area contributed by atoms with Crippen LogP contribution in [0, 0.1) is 17.8 Å². The molecule has 1 aromatic carbocycles. The van der Waals surface area contributed by atoms with Crippen molar-refractivity contribution in [3.05, 3.63) is 45.9 Å². The number of amides is 1. The first-order valence-corrected chi connectivity index (χ1v) is 13.7. The van der Waals surface area contributed by atoms with Gasteiger partial charge >= 0.3 is 5.97 Å². The molecule has 1 aromatic rings. The third-order valence-electron chi connectivity index (χ3n) is 8.59. The lowest BCUT2D eigenvalue weighted by atomic mass is 9.55. The van der Waals surface area contributed by atoms with Crippen molar-refractivity contribution in [3.63, 3.8) is 0 Å². The molecule has 3 aliphatic carbocycles. The molecule has 0 bridgehead atoms. The van der Waals surface area contributed by atoms with Crippen LogP contribution in [0.3, 0.4) is 0 Å². The molecule has 13 heteroatoms. The Balaban J connectivity index is 1.81. The Morgan fingerprint density at radius 3 is 2.40 bits per heavy atom. The Kier molecular flexibility index (Phi) is 8.15. The fourth-order valence-electron chi connectivity index (χ4n) is 6.63. The minimum absolute atomic E-state index is 0.127. The van der Waals surface area contributed by atoms with Gasteiger partial charge in [0.1, 0.15) is 22.8 Å². The number of benzene rings is 1. The van der Waals surface area contributed by atoms with E-state index in [0.29, 0.717) is 5.56 Å². The molecule has 42 heavy (non-hydrogen) atoms. The summed E-state index contributed by atoms with van der Waals surface area (Å²) in [6.07, 6.45) is -1.54. The number of carbonyl (C=O) groups is 4. The standard InChI is InChI=1S/C29H37N3O10/c1-6-42-15(33)9-11(2)10-31-14-8-7-13-12(3)16-18(23(35)17(13)22(14)34)26(38)29(41)20(24(16)36)21(32(4)5)25(37)19(27(29)39)28(30)40/h7-8,11-12,16,20-21,24,31,34,36-38,41H,6,9-10H2,1-5H3,(H2,30,40)/t11?,12?,16?,20?,21-,24?,29?/m0/s1. The summed E-state index contributed by atoms with van der Waals surface area (Å²) in [5.41, 5.74) is 1.26. The first kappa shape index (κ1) is 31.0. The number of anilines is 1. The summed E-state index contributed by atoms with van der Waals surface area (Å²) in [5.74, 6) is -10.0. The van der Waals surface area contributed by atoms with E-state index < -0.39 is 81.4 Å². The summed E-state index contributed by atoms with van der Waals surface area (Å²) in [4.78, 5) is 52.7. The summed E-state index contributed by atoms with van der Waals surface area (Å²) < 4.78 is 4.96. The second-order valence-corrected chi connectivity index (χ2v) is 11.5. The van der Waals surface area contributed by atoms with Crippen LogP contribution in [0.15, 0.2) is 34.8 Å². The van der Waals surface area contributed by atoms with Crippen LogP contribution in [-0.2, 0) is 19.1 Å². The first-order chi connectivity index (χ1) is 19.6. The van der Waals surface area contributed by atoms with Gasteiger partial charge in [-0.15, -0.1) is 0 Å². The van der Waals surface area contributed by atoms with Crippen molar-refractivity contribution in [2.24, 2.45) is 23.5 Å². The van der Waals surface area contributed by atoms with Crippen LogP contribution in [0.5, 0.6) is 5.75 Å². The number of hydrogen-bond donors (Lipinski definition) is 7. The van der Waals surface area contributed by atoms with Crippen molar-refractivity contribution in [2.75, 3.05) is 32.6 Å². The number of hydrogen-bond acceptors (Lipinski definition) is 12. The highest BCUT2D eigenvalue weighted by Gasteiger charge is 2.67. The Hall–Kier alpha value is -3.94. The van der Waals surface area contributed by atoms with Gasteiger partial charge < -0.3 is 41.3 Å². The van der Waals surface area contributed by atoms with Crippen molar-refractivity contribution in [3.8, 4) is 5.75 Å². The lowest BCUT2D eigenvalue weighted by molar-refractivity contribution is -0.162. The minimum atomic E-state index is -2.97. The number of carbonyl (C=O) groups excluding carboxylic acids is 4. The number of aliphatic hydroxyl groups is 4. The Morgan fingerprint density at radius 1 is 1.19 bits per heavy atom. The average molecular weight is 588 g/mol. The van der Waals surface area contributed by atoms with Crippen molar-refractivity contribution in [2.45, 2.75) is 50.9 Å². The number of nitrogens with two attached hydrogens (primary N) is 1. The molecule has 4 rings (SSSR count). The van der Waals surface area contributed by atoms with Crippen molar-refractivity contribution < 1.29 is 49.4 Å². The Bertz CT molecular complexity index is 1420. The molecule has 0 saturated heterocycles. The highest BCUT2D eigenvalue weighted by atomic mass is 16.5. The van der Waals surface area contributed by atoms with E-state index in [1.807, 2.05) is 0 Å². The minimum Gasteiger partial charge on any atom is -0.510 e. The molecule has 0 heterocycles. The zero-order valence-corrected chi connectivity index (χ0v) is 24.0. The number of aromatic hydroxyl groups is 1. The second kappa shape index (κ2) is 11.0. The number of nitrogens with one attached hydrogen (secondary N) is 1. The quantitative estimate of drug-likeness (QED) is 0.127. The molecule has 0 fully saturated rings. The number of nitrogens with zero attached hydrogens (tertiary/aromatic N) is 1. The molecule has 8 N–H and O–H groups in total. The van der Waals surface area contributed by atoms with Gasteiger partial charge in [0.2, 0.25) is 5.78 Å². The van der Waals surface area contributed by atoms with Gasteiger partial charge in [-0.3, -0.25) is 24.1 Å². The van der Waals surface area contributed by atoms with E-state index in [4.69, 9.17) is 10.5 Å². The molecule has 0 saturated carbocycles. The molecule has 0 spiro atoms. The molecule has 228 valence electrons. The molecule has 0 aliphatic heterocycles. The lowest BCUT2D eigenvalue weighted by Crippen LogP contribution is -2.68. The number of phenolic OH excluding ortho intramolecular Hbond substituents is 1. The van der Waals surface area contributed by atoms with E-state index in [2.05, 4.69) is 5.32 Å². The van der Waals surface area contributed by atoms with Gasteiger partial charge in [0.15, 0.2) is 11.4 Å². The van der Waals surface area contributed by atoms with E-state index >= 15 is 0 Å². The smallest absolute Gasteiger partial charge is 0.306 e. The van der Waals surface area contributed by atoms with Crippen molar-refractivity contribution in [1.29, 1.82) is 0 Å². The third kappa shape index (κ3) is 4.52. The number of phenols is 1. The molecule has 0 radical (unpaired) electrons. The van der Waals surface area contributed by atoms with Crippen LogP contribution in [0.2, 0.25) is 0 Å². The van der Waals surface area contributed by atoms with E-state index in [-0.39, 0.29) is 42.7 Å². The highest BCUT2D eigenvalue weighted by Crippen LogP contribution is 2.56. The maximum atomic E-state index is 13.9. The van der Waals surface area contributed by atoms with Crippen LogP contribution in [0.1, 0.15) is 49.0 Å². The number of primary amides is 1. The first-order valence-electron chi connectivity index (χ1n) is 13.7. The molecule has 6 unspecified atom stereocenters. The summed E-state index contributed by atoms with van der Waals surface area (Å²) in [5, 5.41) is 59.9.